The van der Waals surface area contributed by atoms with Gasteiger partial charge >= 0.3 is 0 Å². The summed E-state index contributed by atoms with van der Waals surface area (Å²) in [6.07, 6.45) is 0.634. The van der Waals surface area contributed by atoms with Crippen molar-refractivity contribution in [3.63, 3.8) is 0 Å². The summed E-state index contributed by atoms with van der Waals surface area (Å²) in [7, 11) is 0. The summed E-state index contributed by atoms with van der Waals surface area (Å²) >= 11 is 0. The third kappa shape index (κ3) is 3.78. The van der Waals surface area contributed by atoms with E-state index in [-0.39, 0.29) is 18.3 Å². The molecule has 1 aromatic heterocycles. The van der Waals surface area contributed by atoms with Crippen molar-refractivity contribution in [2.75, 3.05) is 5.32 Å². The molecule has 4 aromatic rings. The summed E-state index contributed by atoms with van der Waals surface area (Å²) in [6, 6.07) is 21.8. The van der Waals surface area contributed by atoms with Gasteiger partial charge in [-0.3, -0.25) is 4.79 Å². The van der Waals surface area contributed by atoms with Crippen molar-refractivity contribution < 1.29 is 9.18 Å². The van der Waals surface area contributed by atoms with Crippen LogP contribution in [0.4, 0.5) is 10.1 Å². The van der Waals surface area contributed by atoms with Gasteiger partial charge in [0.1, 0.15) is 18.2 Å². The van der Waals surface area contributed by atoms with Crippen LogP contribution in [0.3, 0.4) is 0 Å². The van der Waals surface area contributed by atoms with E-state index < -0.39 is 0 Å². The highest BCUT2D eigenvalue weighted by Gasteiger charge is 2.15. The molecule has 28 heavy (non-hydrogen) atoms. The van der Waals surface area contributed by atoms with Crippen LogP contribution in [-0.2, 0) is 17.8 Å². The molecule has 0 unspecified atom stereocenters. The standard InChI is InChI=1S/C23H20FN3O/c1-16-7-2-3-8-17(16)13-22-26-20-11-4-5-12-21(20)27(22)15-23(28)25-19-10-6-9-18(24)14-19/h2-12,14H,13,15H2,1H3,(H,25,28). The van der Waals surface area contributed by atoms with Crippen LogP contribution in [-0.4, -0.2) is 15.5 Å². The molecule has 4 rings (SSSR count). The minimum absolute atomic E-state index is 0.109. The van der Waals surface area contributed by atoms with Gasteiger partial charge in [-0.2, -0.15) is 0 Å². The van der Waals surface area contributed by atoms with Gasteiger partial charge in [-0.15, -0.1) is 0 Å². The highest BCUT2D eigenvalue weighted by molar-refractivity contribution is 5.91. The Bertz CT molecular complexity index is 1150. The molecule has 140 valence electrons. The fourth-order valence-electron chi connectivity index (χ4n) is 3.33. The van der Waals surface area contributed by atoms with Crippen molar-refractivity contribution in [1.82, 2.24) is 9.55 Å². The number of para-hydroxylation sites is 2. The van der Waals surface area contributed by atoms with Crippen LogP contribution in [0, 0.1) is 12.7 Å². The first-order chi connectivity index (χ1) is 13.6. The van der Waals surface area contributed by atoms with Gasteiger partial charge in [0, 0.05) is 12.1 Å². The lowest BCUT2D eigenvalue weighted by Crippen LogP contribution is -2.20. The summed E-state index contributed by atoms with van der Waals surface area (Å²) in [5.41, 5.74) is 4.55. The molecule has 0 saturated carbocycles. The fourth-order valence-corrected chi connectivity index (χ4v) is 3.33. The monoisotopic (exact) mass is 373 g/mol. The summed E-state index contributed by atoms with van der Waals surface area (Å²) in [5, 5.41) is 2.76. The molecule has 1 N–H and O–H groups in total. The summed E-state index contributed by atoms with van der Waals surface area (Å²) in [6.45, 7) is 2.18. The largest absolute Gasteiger partial charge is 0.324 e. The first-order valence-corrected chi connectivity index (χ1v) is 9.14. The molecular formula is C23H20FN3O. The maximum Gasteiger partial charge on any atom is 0.244 e. The lowest BCUT2D eigenvalue weighted by Gasteiger charge is -2.11. The number of anilines is 1. The van der Waals surface area contributed by atoms with E-state index in [1.807, 2.05) is 41.0 Å². The minimum Gasteiger partial charge on any atom is -0.324 e. The first kappa shape index (κ1) is 17.9. The van der Waals surface area contributed by atoms with Gasteiger partial charge in [-0.1, -0.05) is 42.5 Å². The fraction of sp³-hybridized carbons (Fsp3) is 0.130. The highest BCUT2D eigenvalue weighted by Crippen LogP contribution is 2.20. The lowest BCUT2D eigenvalue weighted by molar-refractivity contribution is -0.116. The number of rotatable bonds is 5. The van der Waals surface area contributed by atoms with Crippen LogP contribution < -0.4 is 5.32 Å². The molecule has 0 radical (unpaired) electrons. The van der Waals surface area contributed by atoms with Crippen LogP contribution >= 0.6 is 0 Å². The Kier molecular flexibility index (Phi) is 4.89. The molecule has 3 aromatic carbocycles. The average Bonchev–Trinajstić information content (AvgIpc) is 3.01. The van der Waals surface area contributed by atoms with Crippen molar-refractivity contribution in [3.05, 3.63) is 95.6 Å². The molecule has 0 atom stereocenters. The Balaban J connectivity index is 1.65. The summed E-state index contributed by atoms with van der Waals surface area (Å²) < 4.78 is 15.3. The molecule has 0 aliphatic rings. The van der Waals surface area contributed by atoms with Crippen molar-refractivity contribution >= 4 is 22.6 Å². The molecule has 0 aliphatic carbocycles. The molecule has 1 amide bonds. The van der Waals surface area contributed by atoms with E-state index in [1.165, 1.54) is 23.3 Å². The Morgan fingerprint density at radius 1 is 1.04 bits per heavy atom. The van der Waals surface area contributed by atoms with E-state index in [0.29, 0.717) is 12.1 Å². The second-order valence-corrected chi connectivity index (χ2v) is 6.76. The van der Waals surface area contributed by atoms with Gasteiger partial charge in [0.25, 0.3) is 0 Å². The van der Waals surface area contributed by atoms with E-state index in [1.54, 1.807) is 12.1 Å². The van der Waals surface area contributed by atoms with Gasteiger partial charge in [-0.25, -0.2) is 9.37 Å². The van der Waals surface area contributed by atoms with Crippen molar-refractivity contribution in [3.8, 4) is 0 Å². The van der Waals surface area contributed by atoms with Gasteiger partial charge in [0.2, 0.25) is 5.91 Å². The quantitative estimate of drug-likeness (QED) is 0.551. The Hall–Kier alpha value is -3.47. The number of carbonyl (C=O) groups excluding carboxylic acids is 1. The van der Waals surface area contributed by atoms with Crippen LogP contribution in [0.25, 0.3) is 11.0 Å². The van der Waals surface area contributed by atoms with Crippen LogP contribution in [0.2, 0.25) is 0 Å². The van der Waals surface area contributed by atoms with E-state index >= 15 is 0 Å². The molecular weight excluding hydrogens is 353 g/mol. The molecule has 0 aliphatic heterocycles. The van der Waals surface area contributed by atoms with Gasteiger partial charge in [-0.05, 0) is 48.4 Å². The Morgan fingerprint density at radius 3 is 2.64 bits per heavy atom. The number of halogens is 1. The second kappa shape index (κ2) is 7.64. The third-order valence-corrected chi connectivity index (χ3v) is 4.75. The van der Waals surface area contributed by atoms with Gasteiger partial charge < -0.3 is 9.88 Å². The number of aryl methyl sites for hydroxylation is 1. The van der Waals surface area contributed by atoms with E-state index in [9.17, 15) is 9.18 Å². The van der Waals surface area contributed by atoms with Crippen LogP contribution in [0.5, 0.6) is 0 Å². The number of hydrogen-bond donors (Lipinski definition) is 1. The summed E-state index contributed by atoms with van der Waals surface area (Å²) in [4.78, 5) is 17.4. The molecule has 0 saturated heterocycles. The molecule has 1 heterocycles. The normalized spacial score (nSPS) is 10.9. The number of carbonyl (C=O) groups is 1. The molecule has 4 nitrogen and oxygen atoms in total. The average molecular weight is 373 g/mol. The number of nitrogens with zero attached hydrogens (tertiary/aromatic N) is 2. The Morgan fingerprint density at radius 2 is 1.82 bits per heavy atom. The van der Waals surface area contributed by atoms with E-state index in [0.717, 1.165) is 16.9 Å². The predicted molar refractivity (Wildman–Crippen MR) is 109 cm³/mol. The summed E-state index contributed by atoms with van der Waals surface area (Å²) in [5.74, 6) is 0.218. The number of aromatic nitrogens is 2. The van der Waals surface area contributed by atoms with Crippen LogP contribution in [0.15, 0.2) is 72.8 Å². The smallest absolute Gasteiger partial charge is 0.244 e. The Labute approximate surface area is 162 Å². The zero-order chi connectivity index (χ0) is 19.5. The molecule has 5 heteroatoms. The minimum atomic E-state index is -0.383. The number of benzene rings is 3. The van der Waals surface area contributed by atoms with Gasteiger partial charge in [0.05, 0.1) is 11.0 Å². The maximum absolute atomic E-state index is 13.4. The number of amides is 1. The van der Waals surface area contributed by atoms with Crippen LogP contribution in [0.1, 0.15) is 17.0 Å². The second-order valence-electron chi connectivity index (χ2n) is 6.76. The maximum atomic E-state index is 13.4. The SMILES string of the molecule is Cc1ccccc1Cc1nc2ccccc2n1CC(=O)Nc1cccc(F)c1. The third-order valence-electron chi connectivity index (χ3n) is 4.75. The molecule has 0 fully saturated rings. The number of fused-ring (bicyclic) bond motifs is 1. The highest BCUT2D eigenvalue weighted by atomic mass is 19.1. The number of hydrogen-bond acceptors (Lipinski definition) is 2. The zero-order valence-electron chi connectivity index (χ0n) is 15.5. The predicted octanol–water partition coefficient (Wildman–Crippen LogP) is 4.71. The molecule has 0 spiro atoms. The van der Waals surface area contributed by atoms with E-state index in [2.05, 4.69) is 24.4 Å². The topological polar surface area (TPSA) is 46.9 Å². The molecule has 0 bridgehead atoms. The van der Waals surface area contributed by atoms with Crippen molar-refractivity contribution in [2.45, 2.75) is 19.9 Å². The van der Waals surface area contributed by atoms with Crippen molar-refractivity contribution in [2.24, 2.45) is 0 Å². The zero-order valence-corrected chi connectivity index (χ0v) is 15.5. The lowest BCUT2D eigenvalue weighted by atomic mass is 10.1. The number of nitrogens with one attached hydrogen (secondary N) is 1. The first-order valence-electron chi connectivity index (χ1n) is 9.14. The van der Waals surface area contributed by atoms with E-state index in [4.69, 9.17) is 4.98 Å². The van der Waals surface area contributed by atoms with Gasteiger partial charge in [0.15, 0.2) is 0 Å². The van der Waals surface area contributed by atoms with Crippen molar-refractivity contribution in [1.29, 1.82) is 0 Å². The number of imidazole rings is 1.